The summed E-state index contributed by atoms with van der Waals surface area (Å²) in [5, 5.41) is 0. The number of allylic oxidation sites excluding steroid dienone is 2. The molecular formula is C34H56O3. The van der Waals surface area contributed by atoms with Gasteiger partial charge in [-0.25, -0.2) is 0 Å². The number of carbonyl (C=O) groups excluding carboxylic acids is 1. The Morgan fingerprint density at radius 2 is 1.32 bits per heavy atom. The second kappa shape index (κ2) is 11.3. The maximum absolute atomic E-state index is 12.0. The zero-order chi connectivity index (χ0) is 27.0. The predicted octanol–water partition coefficient (Wildman–Crippen LogP) is 8.92. The van der Waals surface area contributed by atoms with Gasteiger partial charge in [0, 0.05) is 24.7 Å². The van der Waals surface area contributed by atoms with Crippen LogP contribution >= 0.6 is 0 Å². The predicted molar refractivity (Wildman–Crippen MR) is 153 cm³/mol. The highest BCUT2D eigenvalue weighted by Gasteiger charge is 2.61. The number of rotatable bonds is 4. The van der Waals surface area contributed by atoms with Crippen LogP contribution in [0.3, 0.4) is 0 Å². The van der Waals surface area contributed by atoms with Crippen LogP contribution in [0.1, 0.15) is 119 Å². The van der Waals surface area contributed by atoms with Gasteiger partial charge in [0.15, 0.2) is 5.79 Å². The average Bonchev–Trinajstić information content (AvgIpc) is 3.56. The van der Waals surface area contributed by atoms with Crippen LogP contribution in [0.5, 0.6) is 0 Å². The first-order valence-corrected chi connectivity index (χ1v) is 15.7. The highest BCUT2D eigenvalue weighted by molar-refractivity contribution is 5.84. The lowest BCUT2D eigenvalue weighted by molar-refractivity contribution is -0.197. The van der Waals surface area contributed by atoms with Crippen molar-refractivity contribution in [1.82, 2.24) is 0 Å². The van der Waals surface area contributed by atoms with Gasteiger partial charge in [-0.1, -0.05) is 64.8 Å². The Bertz CT molecular complexity index is 853. The first-order valence-electron chi connectivity index (χ1n) is 15.7. The van der Waals surface area contributed by atoms with E-state index in [4.69, 9.17) is 9.47 Å². The Balaban J connectivity index is 0.000000176. The second-order valence-corrected chi connectivity index (χ2v) is 13.7. The Labute approximate surface area is 228 Å². The Hall–Kier alpha value is -0.930. The SMILES string of the molecule is C=C(C)[C@H]1CC[C@H](CC)[C@]2(CCC(=O)C2C)C1.C=C(C)[C@H]1CC[C@H](CC)[C@]2(CCC3(OCCO3)C2C)C1. The van der Waals surface area contributed by atoms with E-state index in [0.717, 1.165) is 44.3 Å². The van der Waals surface area contributed by atoms with Crippen LogP contribution in [0.15, 0.2) is 24.3 Å². The average molecular weight is 513 g/mol. The molecule has 5 rings (SSSR count). The van der Waals surface area contributed by atoms with Gasteiger partial charge in [-0.15, -0.1) is 0 Å². The van der Waals surface area contributed by atoms with Gasteiger partial charge in [0.05, 0.1) is 13.2 Å². The van der Waals surface area contributed by atoms with E-state index in [2.05, 4.69) is 54.7 Å². The standard InChI is InChI=1S/C18H30O2.C16H26O/c1-5-16-7-6-15(13(2)3)12-17(16)8-9-18(14(17)4)19-10-11-20-18;1-5-14-7-6-13(11(2)3)10-16(14)9-8-15(17)12(16)4/h14-16H,2,5-12H2,1,3-4H3;12-14H,2,5-10H2,1,3-4H3/t14?,15-,16-,17+;12?,13-,14-,16+/m00/s1. The van der Waals surface area contributed by atoms with Gasteiger partial charge in [-0.05, 0) is 99.7 Å². The number of carbonyl (C=O) groups is 1. The maximum atomic E-state index is 12.0. The molecular weight excluding hydrogens is 456 g/mol. The van der Waals surface area contributed by atoms with Crippen LogP contribution in [-0.4, -0.2) is 24.8 Å². The van der Waals surface area contributed by atoms with E-state index in [0.29, 0.717) is 34.4 Å². The fourth-order valence-electron chi connectivity index (χ4n) is 9.82. The van der Waals surface area contributed by atoms with Crippen molar-refractivity contribution in [2.24, 2.45) is 46.3 Å². The van der Waals surface area contributed by atoms with Gasteiger partial charge in [-0.3, -0.25) is 4.79 Å². The van der Waals surface area contributed by atoms with E-state index in [9.17, 15) is 4.79 Å². The van der Waals surface area contributed by atoms with Crippen LogP contribution in [0.2, 0.25) is 0 Å². The van der Waals surface area contributed by atoms with E-state index in [1.807, 2.05) is 0 Å². The molecule has 3 nitrogen and oxygen atoms in total. The second-order valence-electron chi connectivity index (χ2n) is 13.7. The van der Waals surface area contributed by atoms with Crippen LogP contribution in [0, 0.1) is 46.3 Å². The molecule has 210 valence electrons. The first-order chi connectivity index (χ1) is 17.5. The number of ether oxygens (including phenoxy) is 2. The lowest BCUT2D eigenvalue weighted by Gasteiger charge is -2.49. The van der Waals surface area contributed by atoms with E-state index >= 15 is 0 Å². The number of hydrogen-bond acceptors (Lipinski definition) is 3. The summed E-state index contributed by atoms with van der Waals surface area (Å²) in [6.07, 6.45) is 14.6. The molecule has 8 atom stereocenters. The van der Waals surface area contributed by atoms with Gasteiger partial charge in [-0.2, -0.15) is 0 Å². The lowest BCUT2D eigenvalue weighted by atomic mass is 9.56. The van der Waals surface area contributed by atoms with E-state index in [1.165, 1.54) is 68.9 Å². The van der Waals surface area contributed by atoms with Crippen LogP contribution in [-0.2, 0) is 14.3 Å². The van der Waals surface area contributed by atoms with Gasteiger partial charge >= 0.3 is 0 Å². The van der Waals surface area contributed by atoms with E-state index in [1.54, 1.807) is 0 Å². The van der Waals surface area contributed by atoms with E-state index in [-0.39, 0.29) is 11.7 Å². The third-order valence-electron chi connectivity index (χ3n) is 12.4. The number of Topliss-reactive ketones (excluding diaryl/α,β-unsaturated/α-hetero) is 1. The largest absolute Gasteiger partial charge is 0.347 e. The van der Waals surface area contributed by atoms with Crippen LogP contribution in [0.4, 0.5) is 0 Å². The van der Waals surface area contributed by atoms with Crippen molar-refractivity contribution in [3.8, 4) is 0 Å². The monoisotopic (exact) mass is 512 g/mol. The zero-order valence-corrected chi connectivity index (χ0v) is 25.0. The Morgan fingerprint density at radius 1 is 0.811 bits per heavy atom. The molecule has 0 aromatic carbocycles. The summed E-state index contributed by atoms with van der Waals surface area (Å²) in [4.78, 5) is 12.0. The van der Waals surface area contributed by atoms with Gasteiger partial charge < -0.3 is 9.47 Å². The molecule has 0 amide bonds. The Morgan fingerprint density at radius 3 is 1.78 bits per heavy atom. The minimum absolute atomic E-state index is 0.260. The van der Waals surface area contributed by atoms with Crippen molar-refractivity contribution in [2.45, 2.75) is 124 Å². The molecule has 1 aliphatic heterocycles. The van der Waals surface area contributed by atoms with Gasteiger partial charge in [0.2, 0.25) is 0 Å². The topological polar surface area (TPSA) is 35.5 Å². The van der Waals surface area contributed by atoms with Crippen molar-refractivity contribution in [3.05, 3.63) is 24.3 Å². The molecule has 1 heterocycles. The minimum Gasteiger partial charge on any atom is -0.347 e. The third-order valence-corrected chi connectivity index (χ3v) is 12.4. The normalized spacial score (nSPS) is 42.8. The summed E-state index contributed by atoms with van der Waals surface area (Å²) >= 11 is 0. The summed E-state index contributed by atoms with van der Waals surface area (Å²) in [6, 6.07) is 0. The summed E-state index contributed by atoms with van der Waals surface area (Å²) in [7, 11) is 0. The Kier molecular flexibility index (Phi) is 8.86. The summed E-state index contributed by atoms with van der Waals surface area (Å²) in [5.41, 5.74) is 3.43. The molecule has 0 radical (unpaired) electrons. The van der Waals surface area contributed by atoms with Crippen molar-refractivity contribution >= 4 is 5.78 Å². The van der Waals surface area contributed by atoms with Crippen LogP contribution < -0.4 is 0 Å². The molecule has 0 aromatic rings. The van der Waals surface area contributed by atoms with Crippen molar-refractivity contribution < 1.29 is 14.3 Å². The highest BCUT2D eigenvalue weighted by atomic mass is 16.7. The molecule has 5 aliphatic rings. The van der Waals surface area contributed by atoms with E-state index < -0.39 is 0 Å². The molecule has 3 spiro atoms. The maximum Gasteiger partial charge on any atom is 0.171 e. The molecule has 0 N–H and O–H groups in total. The van der Waals surface area contributed by atoms with Crippen molar-refractivity contribution in [1.29, 1.82) is 0 Å². The fraction of sp³-hybridized carbons (Fsp3) is 0.853. The summed E-state index contributed by atoms with van der Waals surface area (Å²) in [5.74, 6) is 4.01. The zero-order valence-electron chi connectivity index (χ0n) is 25.0. The van der Waals surface area contributed by atoms with Crippen molar-refractivity contribution in [3.63, 3.8) is 0 Å². The van der Waals surface area contributed by atoms with Gasteiger partial charge in [0.1, 0.15) is 5.78 Å². The molecule has 5 fully saturated rings. The lowest BCUT2D eigenvalue weighted by Crippen LogP contribution is -2.45. The molecule has 4 aliphatic carbocycles. The summed E-state index contributed by atoms with van der Waals surface area (Å²) < 4.78 is 12.2. The number of hydrogen-bond donors (Lipinski definition) is 0. The third kappa shape index (κ3) is 5.06. The number of ketones is 1. The molecule has 3 heteroatoms. The quantitative estimate of drug-likeness (QED) is 0.353. The molecule has 37 heavy (non-hydrogen) atoms. The molecule has 2 unspecified atom stereocenters. The van der Waals surface area contributed by atoms with Crippen LogP contribution in [0.25, 0.3) is 0 Å². The first kappa shape index (κ1) is 29.1. The smallest absolute Gasteiger partial charge is 0.171 e. The van der Waals surface area contributed by atoms with Gasteiger partial charge in [0.25, 0.3) is 0 Å². The highest BCUT2D eigenvalue weighted by Crippen LogP contribution is 2.63. The summed E-state index contributed by atoms with van der Waals surface area (Å²) in [6.45, 7) is 23.5. The minimum atomic E-state index is -0.260. The molecule has 4 saturated carbocycles. The van der Waals surface area contributed by atoms with Crippen molar-refractivity contribution in [2.75, 3.05) is 13.2 Å². The molecule has 0 bridgehead atoms. The molecule has 0 aromatic heterocycles. The fourth-order valence-corrected chi connectivity index (χ4v) is 9.82. The molecule has 1 saturated heterocycles.